The number of hydrogen-bond acceptors (Lipinski definition) is 5. The SMILES string of the molecule is CC1=NN(c2ccc(C)cc2)C(=O)C1=Cc1c(O)n(-c2cccc(Cl)c2)c(=O)[nH]c1=O. The van der Waals surface area contributed by atoms with Gasteiger partial charge in [-0.15, -0.1) is 0 Å². The molecule has 4 rings (SSSR count). The number of benzene rings is 2. The number of amides is 1. The normalized spacial score (nSPS) is 14.9. The first-order chi connectivity index (χ1) is 14.8. The van der Waals surface area contributed by atoms with E-state index >= 15 is 0 Å². The molecule has 0 fully saturated rings. The lowest BCUT2D eigenvalue weighted by Gasteiger charge is -2.12. The first-order valence-corrected chi connectivity index (χ1v) is 9.66. The summed E-state index contributed by atoms with van der Waals surface area (Å²) in [4.78, 5) is 39.9. The third-order valence-corrected chi connectivity index (χ3v) is 5.05. The molecule has 0 saturated carbocycles. The van der Waals surface area contributed by atoms with Crippen molar-refractivity contribution in [3.8, 4) is 11.6 Å². The number of aromatic amines is 1. The molecule has 8 nitrogen and oxygen atoms in total. The molecular weight excluding hydrogens is 420 g/mol. The standard InChI is InChI=1S/C22H17ClN4O4/c1-12-6-8-15(9-7-12)27-21(30)17(13(2)25-27)11-18-19(28)24-22(31)26(20(18)29)16-5-3-4-14(23)10-16/h3-11,29H,1-2H3,(H,24,28,31). The van der Waals surface area contributed by atoms with Crippen molar-refractivity contribution < 1.29 is 9.90 Å². The summed E-state index contributed by atoms with van der Waals surface area (Å²) < 4.78 is 0.906. The Morgan fingerprint density at radius 3 is 2.42 bits per heavy atom. The Morgan fingerprint density at radius 1 is 1.03 bits per heavy atom. The van der Waals surface area contributed by atoms with Crippen LogP contribution in [0.15, 0.2) is 68.8 Å². The molecule has 0 atom stereocenters. The topological polar surface area (TPSA) is 108 Å². The average Bonchev–Trinajstić information content (AvgIpc) is 2.99. The molecule has 0 aliphatic carbocycles. The van der Waals surface area contributed by atoms with Gasteiger partial charge < -0.3 is 5.11 Å². The Morgan fingerprint density at radius 2 is 1.74 bits per heavy atom. The van der Waals surface area contributed by atoms with E-state index in [1.165, 1.54) is 17.2 Å². The number of H-pyrrole nitrogens is 1. The zero-order valence-corrected chi connectivity index (χ0v) is 17.3. The molecule has 0 saturated heterocycles. The van der Waals surface area contributed by atoms with Crippen molar-refractivity contribution in [3.63, 3.8) is 0 Å². The minimum atomic E-state index is -0.837. The van der Waals surface area contributed by atoms with Crippen molar-refractivity contribution in [2.75, 3.05) is 5.01 Å². The molecule has 1 aliphatic heterocycles. The molecule has 31 heavy (non-hydrogen) atoms. The summed E-state index contributed by atoms with van der Waals surface area (Å²) >= 11 is 5.98. The van der Waals surface area contributed by atoms with Crippen molar-refractivity contribution in [3.05, 3.63) is 91.1 Å². The van der Waals surface area contributed by atoms with Crippen LogP contribution >= 0.6 is 11.6 Å². The van der Waals surface area contributed by atoms with Crippen LogP contribution in [0.3, 0.4) is 0 Å². The lowest BCUT2D eigenvalue weighted by molar-refractivity contribution is -0.114. The summed E-state index contributed by atoms with van der Waals surface area (Å²) in [5.41, 5.74) is 0.437. The summed E-state index contributed by atoms with van der Waals surface area (Å²) in [5.74, 6) is -1.07. The molecule has 2 N–H and O–H groups in total. The third-order valence-electron chi connectivity index (χ3n) is 4.82. The summed E-state index contributed by atoms with van der Waals surface area (Å²) in [5, 5.41) is 16.6. The molecule has 1 aliphatic rings. The van der Waals surface area contributed by atoms with E-state index in [0.717, 1.165) is 10.1 Å². The number of carbonyl (C=O) groups is 1. The van der Waals surface area contributed by atoms with Crippen molar-refractivity contribution in [2.24, 2.45) is 5.10 Å². The van der Waals surface area contributed by atoms with Gasteiger partial charge in [-0.3, -0.25) is 14.6 Å². The fraction of sp³-hybridized carbons (Fsp3) is 0.0909. The van der Waals surface area contributed by atoms with Gasteiger partial charge in [-0.25, -0.2) is 9.36 Å². The summed E-state index contributed by atoms with van der Waals surface area (Å²) in [7, 11) is 0. The maximum atomic E-state index is 13.0. The fourth-order valence-corrected chi connectivity index (χ4v) is 3.40. The van der Waals surface area contributed by atoms with Crippen LogP contribution in [0.2, 0.25) is 5.02 Å². The van der Waals surface area contributed by atoms with E-state index in [2.05, 4.69) is 10.1 Å². The molecule has 3 aromatic rings. The molecule has 2 aromatic carbocycles. The van der Waals surface area contributed by atoms with Crippen molar-refractivity contribution in [1.82, 2.24) is 9.55 Å². The van der Waals surface area contributed by atoms with Crippen LogP contribution in [0.4, 0.5) is 5.69 Å². The lowest BCUT2D eigenvalue weighted by atomic mass is 10.1. The largest absolute Gasteiger partial charge is 0.494 e. The number of anilines is 1. The lowest BCUT2D eigenvalue weighted by Crippen LogP contribution is -2.30. The van der Waals surface area contributed by atoms with Crippen LogP contribution in [-0.4, -0.2) is 26.3 Å². The smallest absolute Gasteiger partial charge is 0.335 e. The Labute approximate surface area is 181 Å². The van der Waals surface area contributed by atoms with E-state index < -0.39 is 23.0 Å². The Balaban J connectivity index is 1.82. The van der Waals surface area contributed by atoms with Gasteiger partial charge in [0.15, 0.2) is 0 Å². The zero-order valence-electron chi connectivity index (χ0n) is 16.6. The number of aromatic hydroxyl groups is 1. The molecular formula is C22H17ClN4O4. The summed E-state index contributed by atoms with van der Waals surface area (Å²) in [6.45, 7) is 3.55. The molecule has 2 heterocycles. The zero-order chi connectivity index (χ0) is 22.3. The molecule has 9 heteroatoms. The Kier molecular flexibility index (Phi) is 5.08. The number of rotatable bonds is 3. The highest BCUT2D eigenvalue weighted by Crippen LogP contribution is 2.27. The van der Waals surface area contributed by atoms with E-state index in [4.69, 9.17) is 11.6 Å². The maximum Gasteiger partial charge on any atom is 0.335 e. The molecule has 0 bridgehead atoms. The minimum absolute atomic E-state index is 0.123. The number of aryl methyl sites for hydroxylation is 1. The van der Waals surface area contributed by atoms with Crippen LogP contribution in [0.25, 0.3) is 11.8 Å². The molecule has 156 valence electrons. The Bertz CT molecular complexity index is 1380. The number of nitrogens with zero attached hydrogens (tertiary/aromatic N) is 3. The minimum Gasteiger partial charge on any atom is -0.494 e. The summed E-state index contributed by atoms with van der Waals surface area (Å²) in [6.07, 6.45) is 1.23. The van der Waals surface area contributed by atoms with E-state index in [9.17, 15) is 19.5 Å². The van der Waals surface area contributed by atoms with Gasteiger partial charge >= 0.3 is 5.69 Å². The molecule has 0 spiro atoms. The number of carbonyl (C=O) groups excluding carboxylic acids is 1. The molecule has 1 aromatic heterocycles. The number of hydrazone groups is 1. The quantitative estimate of drug-likeness (QED) is 0.615. The predicted octanol–water partition coefficient (Wildman–Crippen LogP) is 3.00. The molecule has 0 radical (unpaired) electrons. The highest BCUT2D eigenvalue weighted by molar-refractivity contribution is 6.32. The van der Waals surface area contributed by atoms with Gasteiger partial charge in [0.2, 0.25) is 5.88 Å². The summed E-state index contributed by atoms with van der Waals surface area (Å²) in [6, 6.07) is 13.5. The molecule has 0 unspecified atom stereocenters. The van der Waals surface area contributed by atoms with Gasteiger partial charge in [-0.05, 0) is 50.3 Å². The van der Waals surface area contributed by atoms with Crippen LogP contribution in [0, 0.1) is 6.92 Å². The highest BCUT2D eigenvalue weighted by atomic mass is 35.5. The second kappa shape index (κ2) is 7.73. The van der Waals surface area contributed by atoms with E-state index in [1.807, 2.05) is 19.1 Å². The number of aromatic nitrogens is 2. The van der Waals surface area contributed by atoms with Gasteiger partial charge in [0.05, 0.1) is 22.7 Å². The monoisotopic (exact) mass is 436 g/mol. The predicted molar refractivity (Wildman–Crippen MR) is 119 cm³/mol. The van der Waals surface area contributed by atoms with Gasteiger partial charge in [0.1, 0.15) is 5.56 Å². The van der Waals surface area contributed by atoms with Gasteiger partial charge in [0, 0.05) is 5.02 Å². The van der Waals surface area contributed by atoms with Gasteiger partial charge in [0.25, 0.3) is 11.5 Å². The van der Waals surface area contributed by atoms with Crippen LogP contribution < -0.4 is 16.3 Å². The van der Waals surface area contributed by atoms with Crippen molar-refractivity contribution >= 4 is 35.0 Å². The van der Waals surface area contributed by atoms with Crippen molar-refractivity contribution in [2.45, 2.75) is 13.8 Å². The maximum absolute atomic E-state index is 13.0. The van der Waals surface area contributed by atoms with Crippen LogP contribution in [0.5, 0.6) is 5.88 Å². The average molecular weight is 437 g/mol. The van der Waals surface area contributed by atoms with Gasteiger partial charge in [-0.2, -0.15) is 10.1 Å². The van der Waals surface area contributed by atoms with Crippen LogP contribution in [-0.2, 0) is 4.79 Å². The Hall–Kier alpha value is -3.91. The van der Waals surface area contributed by atoms with Crippen LogP contribution in [0.1, 0.15) is 18.1 Å². The first kappa shape index (κ1) is 20.4. The number of halogens is 1. The van der Waals surface area contributed by atoms with E-state index in [0.29, 0.717) is 16.4 Å². The molecule has 1 amide bonds. The van der Waals surface area contributed by atoms with E-state index in [1.54, 1.807) is 37.3 Å². The number of nitrogens with one attached hydrogen (secondary N) is 1. The second-order valence-electron chi connectivity index (χ2n) is 7.01. The van der Waals surface area contributed by atoms with Gasteiger partial charge in [-0.1, -0.05) is 35.4 Å². The van der Waals surface area contributed by atoms with Crippen molar-refractivity contribution in [1.29, 1.82) is 0 Å². The highest BCUT2D eigenvalue weighted by Gasteiger charge is 2.29. The first-order valence-electron chi connectivity index (χ1n) is 9.29. The van der Waals surface area contributed by atoms with E-state index in [-0.39, 0.29) is 16.8 Å². The second-order valence-corrected chi connectivity index (χ2v) is 7.44. The fourth-order valence-electron chi connectivity index (χ4n) is 3.21. The third kappa shape index (κ3) is 3.69. The number of hydrogen-bond donors (Lipinski definition) is 2.